The van der Waals surface area contributed by atoms with Crippen LogP contribution in [0.2, 0.25) is 0 Å². The van der Waals surface area contributed by atoms with Crippen molar-refractivity contribution in [1.29, 1.82) is 0 Å². The van der Waals surface area contributed by atoms with Crippen molar-refractivity contribution in [1.82, 2.24) is 0 Å². The van der Waals surface area contributed by atoms with E-state index in [4.69, 9.17) is 0 Å². The highest BCUT2D eigenvalue weighted by atomic mass is 16.4. The number of carboxylic acids is 2. The van der Waals surface area contributed by atoms with E-state index in [2.05, 4.69) is 33.8 Å². The van der Waals surface area contributed by atoms with E-state index in [1.54, 1.807) is 6.92 Å². The molecule has 6 nitrogen and oxygen atoms in total. The van der Waals surface area contributed by atoms with Crippen molar-refractivity contribution in [3.63, 3.8) is 0 Å². The molecule has 202 valence electrons. The lowest BCUT2D eigenvalue weighted by Gasteiger charge is -2.70. The van der Waals surface area contributed by atoms with E-state index in [0.29, 0.717) is 25.7 Å². The summed E-state index contributed by atoms with van der Waals surface area (Å²) in [6.45, 7) is 11.0. The number of rotatable bonds is 3. The zero-order valence-corrected chi connectivity index (χ0v) is 22.8. The first-order valence-electron chi connectivity index (χ1n) is 14.1. The molecule has 0 amide bonds. The lowest BCUT2D eigenvalue weighted by molar-refractivity contribution is -0.217. The Morgan fingerprint density at radius 1 is 0.889 bits per heavy atom. The van der Waals surface area contributed by atoms with Crippen LogP contribution >= 0.6 is 0 Å². The van der Waals surface area contributed by atoms with Gasteiger partial charge in [-0.05, 0) is 111 Å². The molecular weight excluding hydrogens is 456 g/mol. The van der Waals surface area contributed by atoms with Crippen molar-refractivity contribution in [3.8, 4) is 0 Å². The van der Waals surface area contributed by atoms with Crippen LogP contribution in [-0.4, -0.2) is 45.1 Å². The Morgan fingerprint density at radius 2 is 1.56 bits per heavy atom. The second-order valence-corrected chi connectivity index (χ2v) is 14.6. The van der Waals surface area contributed by atoms with Crippen molar-refractivity contribution in [2.24, 2.45) is 50.2 Å². The molecule has 0 saturated heterocycles. The normalized spacial score (nSPS) is 54.2. The minimum atomic E-state index is -1.14. The van der Waals surface area contributed by atoms with Crippen molar-refractivity contribution < 1.29 is 30.0 Å². The fourth-order valence-electron chi connectivity index (χ4n) is 10.6. The van der Waals surface area contributed by atoms with E-state index in [9.17, 15) is 30.0 Å². The first-order valence-corrected chi connectivity index (χ1v) is 14.1. The summed E-state index contributed by atoms with van der Waals surface area (Å²) in [4.78, 5) is 25.3. The largest absolute Gasteiger partial charge is 0.481 e. The molecule has 0 bridgehead atoms. The third kappa shape index (κ3) is 2.98. The zero-order chi connectivity index (χ0) is 26.5. The highest BCUT2D eigenvalue weighted by Gasteiger charge is 2.70. The molecule has 5 aliphatic carbocycles. The van der Waals surface area contributed by atoms with Crippen molar-refractivity contribution in [2.45, 2.75) is 105 Å². The molecule has 5 rings (SSSR count). The van der Waals surface area contributed by atoms with Gasteiger partial charge < -0.3 is 20.4 Å². The number of aliphatic hydroxyl groups is 2. The summed E-state index contributed by atoms with van der Waals surface area (Å²) in [5.41, 5.74) is -1.27. The van der Waals surface area contributed by atoms with Crippen LogP contribution in [0.25, 0.3) is 0 Å². The van der Waals surface area contributed by atoms with E-state index in [1.807, 2.05) is 0 Å². The van der Waals surface area contributed by atoms with Gasteiger partial charge in [0.25, 0.3) is 0 Å². The second-order valence-electron chi connectivity index (χ2n) is 14.6. The Labute approximate surface area is 215 Å². The molecule has 4 saturated carbocycles. The minimum Gasteiger partial charge on any atom is -0.481 e. The highest BCUT2D eigenvalue weighted by Crippen LogP contribution is 2.75. The summed E-state index contributed by atoms with van der Waals surface area (Å²) >= 11 is 0. The number of allylic oxidation sites excluding steroid dienone is 2. The van der Waals surface area contributed by atoms with Gasteiger partial charge in [0.15, 0.2) is 0 Å². The lowest BCUT2D eigenvalue weighted by Crippen LogP contribution is -2.66. The summed E-state index contributed by atoms with van der Waals surface area (Å²) in [5.74, 6) is -1.44. The van der Waals surface area contributed by atoms with Gasteiger partial charge in [-0.1, -0.05) is 39.3 Å². The lowest BCUT2D eigenvalue weighted by atomic mass is 9.33. The maximum atomic E-state index is 12.8. The van der Waals surface area contributed by atoms with Crippen LogP contribution in [0.4, 0.5) is 0 Å². The molecule has 36 heavy (non-hydrogen) atoms. The number of hydrogen-bond donors (Lipinski definition) is 4. The van der Waals surface area contributed by atoms with E-state index >= 15 is 0 Å². The number of hydrogen-bond acceptors (Lipinski definition) is 4. The van der Waals surface area contributed by atoms with Crippen LogP contribution in [-0.2, 0) is 9.59 Å². The Balaban J connectivity index is 1.60. The maximum absolute atomic E-state index is 12.8. The Morgan fingerprint density at radius 3 is 2.17 bits per heavy atom. The number of aliphatic hydroxyl groups excluding tert-OH is 2. The molecule has 4 N–H and O–H groups in total. The summed E-state index contributed by atoms with van der Waals surface area (Å²) in [7, 11) is 0. The molecule has 4 fully saturated rings. The van der Waals surface area contributed by atoms with Gasteiger partial charge >= 0.3 is 11.9 Å². The Hall–Kier alpha value is -1.40. The molecule has 0 radical (unpaired) electrons. The first kappa shape index (κ1) is 26.2. The maximum Gasteiger partial charge on any atom is 0.312 e. The Kier molecular flexibility index (Phi) is 5.69. The van der Waals surface area contributed by atoms with Gasteiger partial charge in [0, 0.05) is 6.61 Å². The predicted octanol–water partition coefficient (Wildman–Crippen LogP) is 5.27. The van der Waals surface area contributed by atoms with Crippen LogP contribution in [0, 0.1) is 50.2 Å². The van der Waals surface area contributed by atoms with Gasteiger partial charge in [0.1, 0.15) is 0 Å². The zero-order valence-electron chi connectivity index (χ0n) is 22.8. The van der Waals surface area contributed by atoms with Gasteiger partial charge in [-0.15, -0.1) is 0 Å². The van der Waals surface area contributed by atoms with Crippen LogP contribution in [0.15, 0.2) is 11.6 Å². The fourth-order valence-corrected chi connectivity index (χ4v) is 10.6. The highest BCUT2D eigenvalue weighted by molar-refractivity contribution is 5.77. The second kappa shape index (κ2) is 7.81. The van der Waals surface area contributed by atoms with Gasteiger partial charge in [0.05, 0.1) is 16.9 Å². The van der Waals surface area contributed by atoms with Crippen molar-refractivity contribution in [2.75, 3.05) is 6.61 Å². The van der Waals surface area contributed by atoms with Gasteiger partial charge in [-0.3, -0.25) is 9.59 Å². The Bertz CT molecular complexity index is 1010. The standard InChI is InChI=1S/C30H46O6/c1-25(17-31)12-14-30(24(35)36)15-13-27(3)18(19(30)16-25)6-7-20-26(2)10-9-22(32)29(5,23(33)34)21(26)8-11-28(20,27)4/h6,19-22,31-32H,7-17H2,1-5H3,(H,33,34)(H,35,36). The summed E-state index contributed by atoms with van der Waals surface area (Å²) in [6, 6.07) is 0. The van der Waals surface area contributed by atoms with E-state index < -0.39 is 28.9 Å². The monoisotopic (exact) mass is 502 g/mol. The van der Waals surface area contributed by atoms with Crippen LogP contribution in [0.1, 0.15) is 98.8 Å². The SMILES string of the molecule is CC1(CO)CCC2(C(=O)O)CCC3(C)C(=CCC4C5(C)CCC(O)C(C)(C(=O)O)C5CCC43C)C2C1. The van der Waals surface area contributed by atoms with Gasteiger partial charge in [0.2, 0.25) is 0 Å². The molecule has 0 aromatic rings. The minimum absolute atomic E-state index is 0.0677. The van der Waals surface area contributed by atoms with Gasteiger partial charge in [-0.2, -0.15) is 0 Å². The third-order valence-corrected chi connectivity index (χ3v) is 13.4. The van der Waals surface area contributed by atoms with Crippen molar-refractivity contribution in [3.05, 3.63) is 11.6 Å². The van der Waals surface area contributed by atoms with E-state index in [-0.39, 0.29) is 46.0 Å². The molecule has 0 spiro atoms. The molecule has 5 aliphatic rings. The average molecular weight is 503 g/mol. The quantitative estimate of drug-likeness (QED) is 0.391. The molecular formula is C30H46O6. The smallest absolute Gasteiger partial charge is 0.312 e. The topological polar surface area (TPSA) is 115 Å². The third-order valence-electron chi connectivity index (χ3n) is 13.4. The number of carbonyl (C=O) groups is 2. The van der Waals surface area contributed by atoms with Crippen LogP contribution < -0.4 is 0 Å². The molecule has 10 unspecified atom stereocenters. The predicted molar refractivity (Wildman–Crippen MR) is 136 cm³/mol. The molecule has 0 aliphatic heterocycles. The summed E-state index contributed by atoms with van der Waals surface area (Å²) in [6.07, 6.45) is 8.94. The fraction of sp³-hybridized carbons (Fsp3) is 0.867. The van der Waals surface area contributed by atoms with Gasteiger partial charge in [-0.25, -0.2) is 0 Å². The van der Waals surface area contributed by atoms with E-state index in [0.717, 1.165) is 38.5 Å². The number of carboxylic acid groups (broad SMARTS) is 2. The van der Waals surface area contributed by atoms with Crippen molar-refractivity contribution >= 4 is 11.9 Å². The molecule has 10 atom stereocenters. The summed E-state index contributed by atoms with van der Waals surface area (Å²) in [5, 5.41) is 41.8. The number of aliphatic carboxylic acids is 2. The molecule has 0 heterocycles. The van der Waals surface area contributed by atoms with Crippen LogP contribution in [0.3, 0.4) is 0 Å². The average Bonchev–Trinajstić information content (AvgIpc) is 2.82. The van der Waals surface area contributed by atoms with Crippen LogP contribution in [0.5, 0.6) is 0 Å². The summed E-state index contributed by atoms with van der Waals surface area (Å²) < 4.78 is 0. The molecule has 0 aromatic heterocycles. The molecule has 6 heteroatoms. The first-order chi connectivity index (χ1) is 16.6. The number of fused-ring (bicyclic) bond motifs is 7. The van der Waals surface area contributed by atoms with E-state index in [1.165, 1.54) is 5.57 Å². The molecule has 0 aromatic carbocycles.